The van der Waals surface area contributed by atoms with E-state index < -0.39 is 0 Å². The Bertz CT molecular complexity index is 251. The van der Waals surface area contributed by atoms with Crippen LogP contribution >= 0.6 is 0 Å². The second-order valence-corrected chi connectivity index (χ2v) is 6.28. The molecule has 1 N–H and O–H groups in total. The van der Waals surface area contributed by atoms with Gasteiger partial charge in [0, 0.05) is 25.7 Å². The van der Waals surface area contributed by atoms with E-state index in [2.05, 4.69) is 10.2 Å². The van der Waals surface area contributed by atoms with Gasteiger partial charge in [-0.1, -0.05) is 12.8 Å². The highest BCUT2D eigenvalue weighted by molar-refractivity contribution is 4.87. The predicted octanol–water partition coefficient (Wildman–Crippen LogP) is 2.02. The molecule has 3 heteroatoms. The van der Waals surface area contributed by atoms with Crippen LogP contribution in [0.3, 0.4) is 0 Å². The highest BCUT2D eigenvalue weighted by Gasteiger charge is 2.33. The first-order chi connectivity index (χ1) is 8.93. The first-order valence-corrected chi connectivity index (χ1v) is 8.00. The Labute approximate surface area is 111 Å². The maximum Gasteiger partial charge on any atom is 0.0712 e. The Balaban J connectivity index is 1.48. The zero-order chi connectivity index (χ0) is 12.2. The molecule has 3 atom stereocenters. The van der Waals surface area contributed by atoms with Crippen molar-refractivity contribution in [2.45, 2.75) is 57.1 Å². The lowest BCUT2D eigenvalue weighted by molar-refractivity contribution is 0.00163. The van der Waals surface area contributed by atoms with Crippen LogP contribution in [-0.4, -0.2) is 49.8 Å². The Morgan fingerprint density at radius 3 is 2.89 bits per heavy atom. The fourth-order valence-corrected chi connectivity index (χ4v) is 4.12. The van der Waals surface area contributed by atoms with E-state index in [0.29, 0.717) is 6.10 Å². The number of hydrogen-bond donors (Lipinski definition) is 1. The quantitative estimate of drug-likeness (QED) is 0.831. The molecule has 0 aromatic carbocycles. The molecule has 0 bridgehead atoms. The molecule has 1 aliphatic carbocycles. The lowest BCUT2D eigenvalue weighted by Crippen LogP contribution is -2.48. The van der Waals surface area contributed by atoms with Gasteiger partial charge in [-0.15, -0.1) is 0 Å². The minimum atomic E-state index is 0.461. The summed E-state index contributed by atoms with van der Waals surface area (Å²) in [6.07, 6.45) is 10.5. The van der Waals surface area contributed by atoms with Crippen molar-refractivity contribution < 1.29 is 4.74 Å². The molecule has 0 amide bonds. The second kappa shape index (κ2) is 6.36. The third-order valence-corrected chi connectivity index (χ3v) is 5.10. The maximum absolute atomic E-state index is 5.82. The molecule has 18 heavy (non-hydrogen) atoms. The summed E-state index contributed by atoms with van der Waals surface area (Å²) in [5.74, 6) is 1.01. The molecular formula is C15H28N2O. The van der Waals surface area contributed by atoms with Gasteiger partial charge in [0.25, 0.3) is 0 Å². The van der Waals surface area contributed by atoms with Gasteiger partial charge in [0.2, 0.25) is 0 Å². The molecule has 0 spiro atoms. The van der Waals surface area contributed by atoms with Crippen LogP contribution in [0.1, 0.15) is 44.9 Å². The van der Waals surface area contributed by atoms with Gasteiger partial charge in [0.15, 0.2) is 0 Å². The average Bonchev–Trinajstić information content (AvgIpc) is 2.46. The van der Waals surface area contributed by atoms with Crippen LogP contribution in [0.15, 0.2) is 0 Å². The summed E-state index contributed by atoms with van der Waals surface area (Å²) < 4.78 is 5.82. The molecule has 1 saturated carbocycles. The average molecular weight is 252 g/mol. The monoisotopic (exact) mass is 252 g/mol. The van der Waals surface area contributed by atoms with Crippen molar-refractivity contribution in [1.29, 1.82) is 0 Å². The van der Waals surface area contributed by atoms with Gasteiger partial charge in [0.1, 0.15) is 0 Å². The van der Waals surface area contributed by atoms with Crippen molar-refractivity contribution in [2.75, 3.05) is 32.8 Å². The van der Waals surface area contributed by atoms with Crippen LogP contribution in [0, 0.1) is 5.92 Å². The molecule has 3 aliphatic rings. The van der Waals surface area contributed by atoms with E-state index in [1.165, 1.54) is 58.0 Å². The van der Waals surface area contributed by atoms with Crippen molar-refractivity contribution >= 4 is 0 Å². The summed E-state index contributed by atoms with van der Waals surface area (Å²) in [5, 5.41) is 3.44. The molecule has 2 aliphatic heterocycles. The van der Waals surface area contributed by atoms with Crippen molar-refractivity contribution in [3.63, 3.8) is 0 Å². The minimum absolute atomic E-state index is 0.461. The molecule has 2 heterocycles. The van der Waals surface area contributed by atoms with Gasteiger partial charge in [-0.2, -0.15) is 0 Å². The minimum Gasteiger partial charge on any atom is -0.376 e. The number of morpholine rings is 1. The van der Waals surface area contributed by atoms with Crippen LogP contribution in [0.4, 0.5) is 0 Å². The third kappa shape index (κ3) is 3.06. The Morgan fingerprint density at radius 1 is 1.11 bits per heavy atom. The molecule has 0 aromatic rings. The molecule has 2 saturated heterocycles. The smallest absolute Gasteiger partial charge is 0.0712 e. The first kappa shape index (κ1) is 12.9. The Hall–Kier alpha value is -0.120. The number of rotatable bonds is 3. The molecule has 0 radical (unpaired) electrons. The molecule has 3 nitrogen and oxygen atoms in total. The van der Waals surface area contributed by atoms with Crippen molar-refractivity contribution in [3.8, 4) is 0 Å². The van der Waals surface area contributed by atoms with Gasteiger partial charge in [-0.3, -0.25) is 0 Å². The SMILES string of the molecule is C1CCC2C(C1)CCCN2CCC1CNCCO1. The zero-order valence-electron chi connectivity index (χ0n) is 11.6. The van der Waals surface area contributed by atoms with E-state index in [4.69, 9.17) is 4.74 Å². The van der Waals surface area contributed by atoms with Crippen molar-refractivity contribution in [3.05, 3.63) is 0 Å². The van der Waals surface area contributed by atoms with Gasteiger partial charge >= 0.3 is 0 Å². The molecule has 3 fully saturated rings. The number of likely N-dealkylation sites (tertiary alicyclic amines) is 1. The van der Waals surface area contributed by atoms with Crippen LogP contribution in [-0.2, 0) is 4.74 Å². The number of fused-ring (bicyclic) bond motifs is 1. The normalized spacial score (nSPS) is 38.3. The van der Waals surface area contributed by atoms with Crippen LogP contribution < -0.4 is 5.32 Å². The Kier molecular flexibility index (Phi) is 4.55. The maximum atomic E-state index is 5.82. The van der Waals surface area contributed by atoms with E-state index in [0.717, 1.165) is 31.7 Å². The summed E-state index contributed by atoms with van der Waals surface area (Å²) in [7, 11) is 0. The van der Waals surface area contributed by atoms with Crippen molar-refractivity contribution in [1.82, 2.24) is 10.2 Å². The molecule has 104 valence electrons. The van der Waals surface area contributed by atoms with Crippen molar-refractivity contribution in [2.24, 2.45) is 5.92 Å². The van der Waals surface area contributed by atoms with Gasteiger partial charge in [0.05, 0.1) is 12.7 Å². The van der Waals surface area contributed by atoms with E-state index in [1.54, 1.807) is 0 Å². The lowest BCUT2D eigenvalue weighted by atomic mass is 9.78. The van der Waals surface area contributed by atoms with Gasteiger partial charge in [-0.05, 0) is 44.6 Å². The first-order valence-electron chi connectivity index (χ1n) is 8.00. The Morgan fingerprint density at radius 2 is 2.00 bits per heavy atom. The van der Waals surface area contributed by atoms with E-state index >= 15 is 0 Å². The molecular weight excluding hydrogens is 224 g/mol. The molecule has 3 rings (SSSR count). The summed E-state index contributed by atoms with van der Waals surface area (Å²) >= 11 is 0. The second-order valence-electron chi connectivity index (χ2n) is 6.28. The van der Waals surface area contributed by atoms with E-state index in [-0.39, 0.29) is 0 Å². The van der Waals surface area contributed by atoms with Crippen LogP contribution in [0.5, 0.6) is 0 Å². The number of hydrogen-bond acceptors (Lipinski definition) is 3. The van der Waals surface area contributed by atoms with E-state index in [9.17, 15) is 0 Å². The van der Waals surface area contributed by atoms with E-state index in [1.807, 2.05) is 0 Å². The topological polar surface area (TPSA) is 24.5 Å². The summed E-state index contributed by atoms with van der Waals surface area (Å²) in [4.78, 5) is 2.78. The zero-order valence-corrected chi connectivity index (χ0v) is 11.6. The van der Waals surface area contributed by atoms with Crippen LogP contribution in [0.2, 0.25) is 0 Å². The van der Waals surface area contributed by atoms with Gasteiger partial charge < -0.3 is 15.0 Å². The fraction of sp³-hybridized carbons (Fsp3) is 1.00. The summed E-state index contributed by atoms with van der Waals surface area (Å²) in [6.45, 7) is 5.58. The number of nitrogens with zero attached hydrogens (tertiary/aromatic N) is 1. The van der Waals surface area contributed by atoms with Gasteiger partial charge in [-0.25, -0.2) is 0 Å². The number of piperidine rings is 1. The predicted molar refractivity (Wildman–Crippen MR) is 73.8 cm³/mol. The highest BCUT2D eigenvalue weighted by atomic mass is 16.5. The summed E-state index contributed by atoms with van der Waals surface area (Å²) in [5.41, 5.74) is 0. The standard InChI is InChI=1S/C15H28N2O/c1-2-6-15-13(4-1)5-3-9-17(15)10-7-14-12-16-8-11-18-14/h13-16H,1-12H2. The lowest BCUT2D eigenvalue weighted by Gasteiger charge is -2.44. The summed E-state index contributed by atoms with van der Waals surface area (Å²) in [6, 6.07) is 0.907. The molecule has 0 aromatic heterocycles. The largest absolute Gasteiger partial charge is 0.376 e. The van der Waals surface area contributed by atoms with Crippen LogP contribution in [0.25, 0.3) is 0 Å². The number of ether oxygens (including phenoxy) is 1. The highest BCUT2D eigenvalue weighted by Crippen LogP contribution is 2.35. The number of nitrogens with one attached hydrogen (secondary N) is 1. The fourth-order valence-electron chi connectivity index (χ4n) is 4.12. The third-order valence-electron chi connectivity index (χ3n) is 5.10. The molecule has 3 unspecified atom stereocenters.